The highest BCUT2D eigenvalue weighted by atomic mass is 35.5. The largest absolute Gasteiger partial charge is 0.489 e. The van der Waals surface area contributed by atoms with Gasteiger partial charge in [-0.2, -0.15) is 10.2 Å². The highest BCUT2D eigenvalue weighted by Crippen LogP contribution is 2.24. The van der Waals surface area contributed by atoms with Crippen molar-refractivity contribution in [2.24, 2.45) is 5.10 Å². The standard InChI is InChI=1S/C28H20Cl2N4O3/c29-22-11-8-20(25(30)15-22)18-37-24-12-9-19(10-13-24)28(35)32-31-16-21-17-34(23-5-2-1-3-6-23)33-27(21)26-7-4-14-36-26/h1-17H,18H2,(H,32,35)/b31-16+. The van der Waals surface area contributed by atoms with Crippen molar-refractivity contribution < 1.29 is 13.9 Å². The smallest absolute Gasteiger partial charge is 0.271 e. The highest BCUT2D eigenvalue weighted by molar-refractivity contribution is 6.35. The van der Waals surface area contributed by atoms with E-state index in [0.717, 1.165) is 11.3 Å². The second kappa shape index (κ2) is 11.2. The fraction of sp³-hybridized carbons (Fsp3) is 0.0357. The van der Waals surface area contributed by atoms with Crippen LogP contribution in [0.3, 0.4) is 0 Å². The predicted octanol–water partition coefficient (Wildman–Crippen LogP) is 6.78. The highest BCUT2D eigenvalue weighted by Gasteiger charge is 2.13. The molecular formula is C28H20Cl2N4O3. The molecule has 0 aliphatic heterocycles. The van der Waals surface area contributed by atoms with Crippen LogP contribution in [0.4, 0.5) is 0 Å². The molecular weight excluding hydrogens is 511 g/mol. The summed E-state index contributed by atoms with van der Waals surface area (Å²) in [6, 6.07) is 25.3. The van der Waals surface area contributed by atoms with Crippen molar-refractivity contribution in [1.82, 2.24) is 15.2 Å². The van der Waals surface area contributed by atoms with E-state index in [0.29, 0.717) is 38.4 Å². The van der Waals surface area contributed by atoms with Crippen molar-refractivity contribution in [2.45, 2.75) is 6.61 Å². The third kappa shape index (κ3) is 5.91. The molecule has 1 amide bonds. The summed E-state index contributed by atoms with van der Waals surface area (Å²) in [7, 11) is 0. The summed E-state index contributed by atoms with van der Waals surface area (Å²) in [6.07, 6.45) is 4.94. The molecule has 0 radical (unpaired) electrons. The first-order valence-electron chi connectivity index (χ1n) is 11.3. The van der Waals surface area contributed by atoms with Gasteiger partial charge >= 0.3 is 0 Å². The molecule has 0 atom stereocenters. The summed E-state index contributed by atoms with van der Waals surface area (Å²) in [5.41, 5.74) is 5.97. The number of hydrogen-bond donors (Lipinski definition) is 1. The van der Waals surface area contributed by atoms with Crippen LogP contribution in [0.5, 0.6) is 5.75 Å². The zero-order valence-electron chi connectivity index (χ0n) is 19.3. The van der Waals surface area contributed by atoms with Gasteiger partial charge in [0, 0.05) is 32.9 Å². The third-order valence-corrected chi connectivity index (χ3v) is 6.00. The molecule has 0 spiro atoms. The lowest BCUT2D eigenvalue weighted by Gasteiger charge is -2.08. The van der Waals surface area contributed by atoms with E-state index in [2.05, 4.69) is 15.6 Å². The van der Waals surface area contributed by atoms with Crippen LogP contribution in [0.1, 0.15) is 21.5 Å². The number of carbonyl (C=O) groups is 1. The van der Waals surface area contributed by atoms with Gasteiger partial charge in [-0.25, -0.2) is 10.1 Å². The lowest BCUT2D eigenvalue weighted by Crippen LogP contribution is -2.17. The summed E-state index contributed by atoms with van der Waals surface area (Å²) in [5.74, 6) is 0.832. The first kappa shape index (κ1) is 24.4. The minimum atomic E-state index is -0.362. The SMILES string of the molecule is O=C(N/N=C/c1cn(-c2ccccc2)nc1-c1ccco1)c1ccc(OCc2ccc(Cl)cc2Cl)cc1. The van der Waals surface area contributed by atoms with Crippen LogP contribution in [-0.2, 0) is 6.61 Å². The summed E-state index contributed by atoms with van der Waals surface area (Å²) in [4.78, 5) is 12.6. The molecule has 0 fully saturated rings. The number of nitrogens with zero attached hydrogens (tertiary/aromatic N) is 3. The first-order chi connectivity index (χ1) is 18.1. The second-order valence-corrected chi connectivity index (χ2v) is 8.78. The Labute approximate surface area is 222 Å². The lowest BCUT2D eigenvalue weighted by atomic mass is 10.2. The summed E-state index contributed by atoms with van der Waals surface area (Å²) >= 11 is 12.1. The molecule has 0 aliphatic rings. The van der Waals surface area contributed by atoms with E-state index in [1.807, 2.05) is 48.7 Å². The van der Waals surface area contributed by atoms with Gasteiger partial charge in [0.1, 0.15) is 18.1 Å². The minimum absolute atomic E-state index is 0.278. The summed E-state index contributed by atoms with van der Waals surface area (Å²) < 4.78 is 13.0. The molecule has 0 bridgehead atoms. The second-order valence-electron chi connectivity index (χ2n) is 7.94. The van der Waals surface area contributed by atoms with Crippen molar-refractivity contribution >= 4 is 35.3 Å². The Morgan fingerprint density at radius 1 is 1.03 bits per heavy atom. The van der Waals surface area contributed by atoms with Crippen LogP contribution in [-0.4, -0.2) is 21.9 Å². The van der Waals surface area contributed by atoms with Gasteiger partial charge in [-0.15, -0.1) is 0 Å². The molecule has 7 nitrogen and oxygen atoms in total. The quantitative estimate of drug-likeness (QED) is 0.177. The Hall–Kier alpha value is -4.33. The number of para-hydroxylation sites is 1. The van der Waals surface area contributed by atoms with E-state index in [1.165, 1.54) is 6.21 Å². The van der Waals surface area contributed by atoms with Crippen LogP contribution in [0.15, 0.2) is 107 Å². The first-order valence-corrected chi connectivity index (χ1v) is 12.0. The number of ether oxygens (including phenoxy) is 1. The maximum atomic E-state index is 12.6. The van der Waals surface area contributed by atoms with Crippen molar-refractivity contribution in [3.8, 4) is 22.9 Å². The number of nitrogens with one attached hydrogen (secondary N) is 1. The van der Waals surface area contributed by atoms with E-state index in [-0.39, 0.29) is 12.5 Å². The van der Waals surface area contributed by atoms with Crippen molar-refractivity contribution in [1.29, 1.82) is 0 Å². The van der Waals surface area contributed by atoms with E-state index < -0.39 is 0 Å². The van der Waals surface area contributed by atoms with Crippen LogP contribution in [0.25, 0.3) is 17.1 Å². The number of aromatic nitrogens is 2. The van der Waals surface area contributed by atoms with Crippen molar-refractivity contribution in [3.05, 3.63) is 124 Å². The Morgan fingerprint density at radius 2 is 1.84 bits per heavy atom. The van der Waals surface area contributed by atoms with E-state index in [1.54, 1.807) is 53.4 Å². The van der Waals surface area contributed by atoms with Gasteiger partial charge < -0.3 is 9.15 Å². The molecule has 3 aromatic carbocycles. The fourth-order valence-corrected chi connectivity index (χ4v) is 3.99. The monoisotopic (exact) mass is 530 g/mol. The molecule has 0 aliphatic carbocycles. The zero-order chi connectivity index (χ0) is 25.6. The van der Waals surface area contributed by atoms with Gasteiger partial charge in [-0.1, -0.05) is 47.5 Å². The van der Waals surface area contributed by atoms with E-state index >= 15 is 0 Å². The number of amides is 1. The number of rotatable bonds is 8. The predicted molar refractivity (Wildman–Crippen MR) is 144 cm³/mol. The minimum Gasteiger partial charge on any atom is -0.489 e. The van der Waals surface area contributed by atoms with Gasteiger partial charge in [0.05, 0.1) is 18.2 Å². The summed E-state index contributed by atoms with van der Waals surface area (Å²) in [6.45, 7) is 0.278. The van der Waals surface area contributed by atoms with E-state index in [9.17, 15) is 4.79 Å². The number of benzene rings is 3. The Balaban J connectivity index is 1.24. The van der Waals surface area contributed by atoms with Crippen LogP contribution >= 0.6 is 23.2 Å². The van der Waals surface area contributed by atoms with Gasteiger partial charge in [0.25, 0.3) is 5.91 Å². The van der Waals surface area contributed by atoms with E-state index in [4.69, 9.17) is 32.4 Å². The zero-order valence-corrected chi connectivity index (χ0v) is 20.9. The number of hydrazone groups is 1. The van der Waals surface area contributed by atoms with Gasteiger partial charge in [-0.05, 0) is 60.7 Å². The average Bonchev–Trinajstić information content (AvgIpc) is 3.59. The molecule has 2 aromatic heterocycles. The maximum Gasteiger partial charge on any atom is 0.271 e. The molecule has 1 N–H and O–H groups in total. The molecule has 5 aromatic rings. The molecule has 0 unspecified atom stereocenters. The van der Waals surface area contributed by atoms with Gasteiger partial charge in [-0.3, -0.25) is 4.79 Å². The molecule has 0 saturated carbocycles. The molecule has 184 valence electrons. The van der Waals surface area contributed by atoms with Crippen LogP contribution < -0.4 is 10.2 Å². The van der Waals surface area contributed by atoms with Crippen molar-refractivity contribution in [2.75, 3.05) is 0 Å². The molecule has 37 heavy (non-hydrogen) atoms. The number of furan rings is 1. The average molecular weight is 531 g/mol. The van der Waals surface area contributed by atoms with Crippen LogP contribution in [0.2, 0.25) is 10.0 Å². The summed E-state index contributed by atoms with van der Waals surface area (Å²) in [5, 5.41) is 9.86. The van der Waals surface area contributed by atoms with Crippen molar-refractivity contribution in [3.63, 3.8) is 0 Å². The number of halogens is 2. The Kier molecular flexibility index (Phi) is 7.35. The molecule has 2 heterocycles. The molecule has 0 saturated heterocycles. The lowest BCUT2D eigenvalue weighted by molar-refractivity contribution is 0.0955. The molecule has 9 heteroatoms. The number of carbonyl (C=O) groups excluding carboxylic acids is 1. The molecule has 5 rings (SSSR count). The number of hydrogen-bond acceptors (Lipinski definition) is 5. The Bertz CT molecular complexity index is 1530. The normalized spacial score (nSPS) is 11.1. The Morgan fingerprint density at radius 3 is 2.57 bits per heavy atom. The van der Waals surface area contributed by atoms with Crippen LogP contribution in [0, 0.1) is 0 Å². The third-order valence-electron chi connectivity index (χ3n) is 5.41. The maximum absolute atomic E-state index is 12.6. The topological polar surface area (TPSA) is 81.7 Å². The van der Waals surface area contributed by atoms with Gasteiger partial charge in [0.15, 0.2) is 5.76 Å². The van der Waals surface area contributed by atoms with Gasteiger partial charge in [0.2, 0.25) is 0 Å². The fourth-order valence-electron chi connectivity index (χ4n) is 3.53.